The van der Waals surface area contributed by atoms with E-state index in [1.165, 1.54) is 6.20 Å². The second-order valence-electron chi connectivity index (χ2n) is 4.76. The second-order valence-corrected chi connectivity index (χ2v) is 4.76. The van der Waals surface area contributed by atoms with Gasteiger partial charge >= 0.3 is 5.97 Å². The molecule has 3 rings (SSSR count). The molecule has 102 valence electrons. The van der Waals surface area contributed by atoms with Crippen molar-refractivity contribution in [3.05, 3.63) is 11.8 Å². The molecule has 2 N–H and O–H groups in total. The molecule has 19 heavy (non-hydrogen) atoms. The summed E-state index contributed by atoms with van der Waals surface area (Å²) in [5.74, 6) is -0.0142. The number of carboxylic acid groups (broad SMARTS) is 1. The third-order valence-corrected chi connectivity index (χ3v) is 3.22. The van der Waals surface area contributed by atoms with Crippen molar-refractivity contribution in [1.82, 2.24) is 9.97 Å². The van der Waals surface area contributed by atoms with Crippen LogP contribution < -0.4 is 10.2 Å². The molecule has 0 aromatic carbocycles. The average Bonchev–Trinajstić information content (AvgIpc) is 3.23. The Morgan fingerprint density at radius 2 is 2.16 bits per heavy atom. The third kappa shape index (κ3) is 2.76. The number of nitrogens with one attached hydrogen (secondary N) is 1. The number of rotatable bonds is 4. The molecule has 1 saturated carbocycles. The maximum Gasteiger partial charge on any atom is 0.341 e. The van der Waals surface area contributed by atoms with Crippen LogP contribution in [-0.2, 0) is 4.74 Å². The number of ether oxygens (including phenoxy) is 1. The highest BCUT2D eigenvalue weighted by atomic mass is 16.5. The fraction of sp³-hybridized carbons (Fsp3) is 0.583. The van der Waals surface area contributed by atoms with E-state index in [2.05, 4.69) is 15.3 Å². The molecule has 1 saturated heterocycles. The van der Waals surface area contributed by atoms with Crippen LogP contribution in [0.3, 0.4) is 0 Å². The van der Waals surface area contributed by atoms with Gasteiger partial charge in [0, 0.05) is 25.3 Å². The number of hydrogen-bond acceptors (Lipinski definition) is 6. The van der Waals surface area contributed by atoms with Crippen LogP contribution in [0.1, 0.15) is 23.2 Å². The molecular formula is C12H16N4O3. The number of morpholine rings is 1. The van der Waals surface area contributed by atoms with Gasteiger partial charge in [0.1, 0.15) is 11.4 Å². The van der Waals surface area contributed by atoms with Gasteiger partial charge in [-0.15, -0.1) is 0 Å². The predicted octanol–water partition coefficient (Wildman–Crippen LogP) is 0.586. The van der Waals surface area contributed by atoms with Crippen LogP contribution in [0.15, 0.2) is 6.20 Å². The highest BCUT2D eigenvalue weighted by Gasteiger charge is 2.25. The van der Waals surface area contributed by atoms with E-state index in [0.29, 0.717) is 31.0 Å². The molecule has 0 atom stereocenters. The van der Waals surface area contributed by atoms with Crippen molar-refractivity contribution in [1.29, 1.82) is 0 Å². The number of aromatic nitrogens is 2. The number of carboxylic acids is 1. The van der Waals surface area contributed by atoms with Gasteiger partial charge in [0.15, 0.2) is 0 Å². The van der Waals surface area contributed by atoms with Gasteiger partial charge in [-0.05, 0) is 12.8 Å². The van der Waals surface area contributed by atoms with Crippen molar-refractivity contribution in [3.63, 3.8) is 0 Å². The Kier molecular flexibility index (Phi) is 3.20. The first-order valence-corrected chi connectivity index (χ1v) is 6.43. The molecule has 2 heterocycles. The first-order valence-electron chi connectivity index (χ1n) is 6.43. The molecule has 7 nitrogen and oxygen atoms in total. The number of anilines is 2. The molecule has 1 aliphatic heterocycles. The van der Waals surface area contributed by atoms with E-state index in [0.717, 1.165) is 25.9 Å². The molecule has 0 bridgehead atoms. The molecule has 1 aliphatic carbocycles. The lowest BCUT2D eigenvalue weighted by molar-refractivity contribution is 0.0697. The Morgan fingerprint density at radius 1 is 1.42 bits per heavy atom. The topological polar surface area (TPSA) is 87.6 Å². The summed E-state index contributed by atoms with van der Waals surface area (Å²) in [7, 11) is 0. The third-order valence-electron chi connectivity index (χ3n) is 3.22. The fourth-order valence-corrected chi connectivity index (χ4v) is 1.98. The van der Waals surface area contributed by atoms with E-state index in [1.54, 1.807) is 0 Å². The summed E-state index contributed by atoms with van der Waals surface area (Å²) in [6, 6.07) is 0.352. The normalized spacial score (nSPS) is 19.3. The predicted molar refractivity (Wildman–Crippen MR) is 68.7 cm³/mol. The minimum absolute atomic E-state index is 0.129. The summed E-state index contributed by atoms with van der Waals surface area (Å²) < 4.78 is 5.28. The van der Waals surface area contributed by atoms with Crippen LogP contribution in [0.5, 0.6) is 0 Å². The van der Waals surface area contributed by atoms with Gasteiger partial charge < -0.3 is 20.1 Å². The maximum absolute atomic E-state index is 11.2. The Labute approximate surface area is 110 Å². The van der Waals surface area contributed by atoms with E-state index in [1.807, 2.05) is 4.90 Å². The van der Waals surface area contributed by atoms with Crippen molar-refractivity contribution in [2.75, 3.05) is 36.5 Å². The second kappa shape index (κ2) is 5.00. The van der Waals surface area contributed by atoms with E-state index in [-0.39, 0.29) is 5.56 Å². The number of aromatic carboxylic acids is 1. The van der Waals surface area contributed by atoms with Crippen molar-refractivity contribution >= 4 is 17.7 Å². The lowest BCUT2D eigenvalue weighted by Gasteiger charge is -2.27. The minimum atomic E-state index is -1.00. The molecule has 2 fully saturated rings. The van der Waals surface area contributed by atoms with Gasteiger partial charge in [-0.2, -0.15) is 4.98 Å². The van der Waals surface area contributed by atoms with Crippen LogP contribution in [0.2, 0.25) is 0 Å². The lowest BCUT2D eigenvalue weighted by atomic mass is 10.3. The Morgan fingerprint density at radius 3 is 2.79 bits per heavy atom. The monoisotopic (exact) mass is 264 g/mol. The summed E-state index contributed by atoms with van der Waals surface area (Å²) in [6.45, 7) is 2.76. The van der Waals surface area contributed by atoms with Crippen molar-refractivity contribution in [3.8, 4) is 0 Å². The van der Waals surface area contributed by atoms with Crippen LogP contribution in [0.4, 0.5) is 11.8 Å². The Hall–Kier alpha value is -1.89. The van der Waals surface area contributed by atoms with Crippen LogP contribution >= 0.6 is 0 Å². The zero-order valence-electron chi connectivity index (χ0n) is 10.5. The molecule has 1 aromatic heterocycles. The summed E-state index contributed by atoms with van der Waals surface area (Å²) >= 11 is 0. The smallest absolute Gasteiger partial charge is 0.341 e. The van der Waals surface area contributed by atoms with Crippen molar-refractivity contribution < 1.29 is 14.6 Å². The zero-order valence-corrected chi connectivity index (χ0v) is 10.5. The number of nitrogens with zero attached hydrogens (tertiary/aromatic N) is 3. The first kappa shape index (κ1) is 12.2. The standard InChI is InChI=1S/C12H16N4O3/c17-11(18)9-7-13-12(16-3-5-19-6-4-16)15-10(9)14-8-1-2-8/h7-8H,1-6H2,(H,17,18)(H,13,14,15). The van der Waals surface area contributed by atoms with E-state index in [4.69, 9.17) is 9.84 Å². The molecular weight excluding hydrogens is 248 g/mol. The van der Waals surface area contributed by atoms with Crippen molar-refractivity contribution in [2.45, 2.75) is 18.9 Å². The van der Waals surface area contributed by atoms with Gasteiger partial charge in [0.05, 0.1) is 13.2 Å². The van der Waals surface area contributed by atoms with Gasteiger partial charge in [-0.3, -0.25) is 0 Å². The fourth-order valence-electron chi connectivity index (χ4n) is 1.98. The maximum atomic E-state index is 11.2. The van der Waals surface area contributed by atoms with Crippen LogP contribution in [-0.4, -0.2) is 53.4 Å². The summed E-state index contributed by atoms with van der Waals surface area (Å²) in [6.07, 6.45) is 3.51. The van der Waals surface area contributed by atoms with Gasteiger partial charge in [0.2, 0.25) is 5.95 Å². The largest absolute Gasteiger partial charge is 0.477 e. The molecule has 0 radical (unpaired) electrons. The van der Waals surface area contributed by atoms with Gasteiger partial charge in [0.25, 0.3) is 0 Å². The molecule has 0 unspecified atom stereocenters. The van der Waals surface area contributed by atoms with Gasteiger partial charge in [-0.25, -0.2) is 9.78 Å². The SMILES string of the molecule is O=C(O)c1cnc(N2CCOCC2)nc1NC1CC1. The quantitative estimate of drug-likeness (QED) is 0.822. The summed E-state index contributed by atoms with van der Waals surface area (Å²) in [4.78, 5) is 21.7. The Balaban J connectivity index is 1.86. The first-order chi connectivity index (χ1) is 9.24. The van der Waals surface area contributed by atoms with E-state index < -0.39 is 5.97 Å². The minimum Gasteiger partial charge on any atom is -0.477 e. The highest BCUT2D eigenvalue weighted by Crippen LogP contribution is 2.26. The van der Waals surface area contributed by atoms with Crippen LogP contribution in [0.25, 0.3) is 0 Å². The number of hydrogen-bond donors (Lipinski definition) is 2. The van der Waals surface area contributed by atoms with Crippen LogP contribution in [0, 0.1) is 0 Å². The molecule has 0 amide bonds. The summed E-state index contributed by atoms with van der Waals surface area (Å²) in [5, 5.41) is 12.3. The van der Waals surface area contributed by atoms with E-state index >= 15 is 0 Å². The summed E-state index contributed by atoms with van der Waals surface area (Å²) in [5.41, 5.74) is 0.129. The van der Waals surface area contributed by atoms with Gasteiger partial charge in [-0.1, -0.05) is 0 Å². The molecule has 0 spiro atoms. The van der Waals surface area contributed by atoms with E-state index in [9.17, 15) is 4.79 Å². The lowest BCUT2D eigenvalue weighted by Crippen LogP contribution is -2.37. The zero-order chi connectivity index (χ0) is 13.2. The molecule has 7 heteroatoms. The number of carbonyl (C=O) groups is 1. The Bertz CT molecular complexity index is 484. The highest BCUT2D eigenvalue weighted by molar-refractivity contribution is 5.93. The molecule has 1 aromatic rings. The average molecular weight is 264 g/mol. The molecule has 2 aliphatic rings. The van der Waals surface area contributed by atoms with Crippen molar-refractivity contribution in [2.24, 2.45) is 0 Å².